The van der Waals surface area contributed by atoms with Crippen LogP contribution in [0.4, 0.5) is 0 Å². The zero-order chi connectivity index (χ0) is 23.3. The van der Waals surface area contributed by atoms with E-state index in [4.69, 9.17) is 4.63 Å². The standard InChI is InChI=1S/C26H35N2OPS2/c1-8-10-20(16(3)4)23(31-26-18(6)21-13-17(5)14-24(21)32-26)12-11-19(15-30-7)25-22(9-2)27-29-28-25/h15,17H,3,7-14H2,1-2,4-6H3/b19-15-,23-20-. The predicted molar refractivity (Wildman–Crippen MR) is 143 cm³/mol. The summed E-state index contributed by atoms with van der Waals surface area (Å²) in [6.07, 6.45) is 11.3. The third-order valence-electron chi connectivity index (χ3n) is 6.03. The highest BCUT2D eigenvalue weighted by atomic mass is 32.2. The monoisotopic (exact) mass is 486 g/mol. The molecule has 3 nitrogen and oxygen atoms in total. The van der Waals surface area contributed by atoms with Crippen molar-refractivity contribution in [1.82, 2.24) is 10.3 Å². The number of fused-ring (bicyclic) bond motifs is 1. The Hall–Kier alpha value is -1.42. The van der Waals surface area contributed by atoms with Crippen molar-refractivity contribution in [3.63, 3.8) is 0 Å². The Labute approximate surface area is 203 Å². The van der Waals surface area contributed by atoms with Crippen molar-refractivity contribution in [3.05, 3.63) is 55.8 Å². The van der Waals surface area contributed by atoms with Gasteiger partial charge in [0, 0.05) is 4.88 Å². The van der Waals surface area contributed by atoms with Gasteiger partial charge in [-0.25, -0.2) is 4.63 Å². The Morgan fingerprint density at radius 3 is 2.66 bits per heavy atom. The van der Waals surface area contributed by atoms with Crippen molar-refractivity contribution in [2.24, 2.45) is 5.92 Å². The third kappa shape index (κ3) is 5.73. The SMILES string of the molecule is C=P/C=C(/CC/C(Sc1sc2c(c1C)CC(C)C2)=C(\CCC)C(=C)C)c1nonc1CC. The number of rotatable bonds is 11. The van der Waals surface area contributed by atoms with Gasteiger partial charge in [-0.1, -0.05) is 70.8 Å². The normalized spacial score (nSPS) is 17.0. The first-order valence-electron chi connectivity index (χ1n) is 11.5. The smallest absolute Gasteiger partial charge is 0.134 e. The van der Waals surface area contributed by atoms with Crippen molar-refractivity contribution in [3.8, 4) is 0 Å². The van der Waals surface area contributed by atoms with Crippen molar-refractivity contribution in [2.75, 3.05) is 0 Å². The number of hydrogen-bond acceptors (Lipinski definition) is 5. The lowest BCUT2D eigenvalue weighted by molar-refractivity contribution is 0.302. The number of hydrogen-bond donors (Lipinski definition) is 0. The predicted octanol–water partition coefficient (Wildman–Crippen LogP) is 8.66. The van der Waals surface area contributed by atoms with Crippen molar-refractivity contribution >= 4 is 43.2 Å². The van der Waals surface area contributed by atoms with Crippen LogP contribution in [-0.2, 0) is 19.3 Å². The lowest BCUT2D eigenvalue weighted by atomic mass is 9.99. The minimum absolute atomic E-state index is 0.786. The molecule has 1 aliphatic carbocycles. The summed E-state index contributed by atoms with van der Waals surface area (Å²) >= 11 is 3.99. The molecule has 0 fully saturated rings. The molecule has 172 valence electrons. The average molecular weight is 487 g/mol. The number of aromatic nitrogens is 2. The summed E-state index contributed by atoms with van der Waals surface area (Å²) in [5, 5.41) is 8.31. The first-order chi connectivity index (χ1) is 15.4. The summed E-state index contributed by atoms with van der Waals surface area (Å²) in [6.45, 7) is 15.5. The molecule has 0 amide bonds. The molecule has 1 aliphatic rings. The second-order valence-electron chi connectivity index (χ2n) is 8.71. The second kappa shape index (κ2) is 11.6. The van der Waals surface area contributed by atoms with Crippen LogP contribution in [0.1, 0.15) is 80.8 Å². The molecule has 32 heavy (non-hydrogen) atoms. The van der Waals surface area contributed by atoms with Crippen molar-refractivity contribution in [1.29, 1.82) is 0 Å². The average Bonchev–Trinajstić information content (AvgIpc) is 3.44. The maximum absolute atomic E-state index is 5.06. The minimum Gasteiger partial charge on any atom is -0.244 e. The number of thioether (sulfide) groups is 1. The van der Waals surface area contributed by atoms with E-state index in [-0.39, 0.29) is 0 Å². The number of aryl methyl sites for hydroxylation is 1. The van der Waals surface area contributed by atoms with Gasteiger partial charge in [0.15, 0.2) is 0 Å². The van der Waals surface area contributed by atoms with Crippen molar-refractivity contribution in [2.45, 2.75) is 83.8 Å². The molecular weight excluding hydrogens is 451 g/mol. The summed E-state index contributed by atoms with van der Waals surface area (Å²) in [6, 6.07) is 0. The van der Waals surface area contributed by atoms with E-state index in [2.05, 4.69) is 63.6 Å². The van der Waals surface area contributed by atoms with Crippen LogP contribution in [0, 0.1) is 12.8 Å². The van der Waals surface area contributed by atoms with E-state index < -0.39 is 0 Å². The van der Waals surface area contributed by atoms with E-state index >= 15 is 0 Å². The lowest BCUT2D eigenvalue weighted by Gasteiger charge is -2.16. The van der Waals surface area contributed by atoms with Crippen molar-refractivity contribution < 1.29 is 4.63 Å². The quantitative estimate of drug-likeness (QED) is 0.181. The minimum atomic E-state index is 0.786. The topological polar surface area (TPSA) is 38.9 Å². The van der Waals surface area contributed by atoms with Gasteiger partial charge in [0.1, 0.15) is 11.4 Å². The molecule has 2 aromatic rings. The maximum Gasteiger partial charge on any atom is 0.134 e. The highest BCUT2D eigenvalue weighted by Gasteiger charge is 2.25. The van der Waals surface area contributed by atoms with Gasteiger partial charge in [-0.05, 0) is 96.4 Å². The maximum atomic E-state index is 5.06. The molecule has 1 atom stereocenters. The van der Waals surface area contributed by atoms with Gasteiger partial charge in [0.2, 0.25) is 0 Å². The Balaban J connectivity index is 1.91. The molecule has 2 aromatic heterocycles. The largest absolute Gasteiger partial charge is 0.244 e. The summed E-state index contributed by atoms with van der Waals surface area (Å²) in [5.41, 5.74) is 8.69. The van der Waals surface area contributed by atoms with Crippen LogP contribution in [-0.4, -0.2) is 16.6 Å². The van der Waals surface area contributed by atoms with Gasteiger partial charge >= 0.3 is 0 Å². The zero-order valence-electron chi connectivity index (χ0n) is 20.1. The summed E-state index contributed by atoms with van der Waals surface area (Å²) in [4.78, 5) is 3.04. The number of nitrogens with zero attached hydrogens (tertiary/aromatic N) is 2. The van der Waals surface area contributed by atoms with E-state index in [9.17, 15) is 0 Å². The Morgan fingerprint density at radius 1 is 1.25 bits per heavy atom. The van der Waals surface area contributed by atoms with Crippen LogP contribution in [0.25, 0.3) is 5.57 Å². The number of allylic oxidation sites excluding steroid dienone is 4. The molecule has 0 bridgehead atoms. The van der Waals surface area contributed by atoms with Crippen LogP contribution in [0.15, 0.2) is 37.3 Å². The molecule has 0 N–H and O–H groups in total. The molecule has 1 unspecified atom stereocenters. The molecule has 2 heterocycles. The molecule has 0 saturated carbocycles. The van der Waals surface area contributed by atoms with Crippen LogP contribution in [0.5, 0.6) is 0 Å². The van der Waals surface area contributed by atoms with Crippen LogP contribution in [0.2, 0.25) is 0 Å². The zero-order valence-corrected chi connectivity index (χ0v) is 22.6. The fraction of sp³-hybridized carbons (Fsp3) is 0.500. The highest BCUT2D eigenvalue weighted by molar-refractivity contribution is 8.04. The molecule has 0 radical (unpaired) electrons. The fourth-order valence-corrected chi connectivity index (χ4v) is 7.92. The summed E-state index contributed by atoms with van der Waals surface area (Å²) in [7, 11) is 0.976. The Kier molecular flexibility index (Phi) is 9.16. The molecule has 0 aliphatic heterocycles. The van der Waals surface area contributed by atoms with E-state index in [1.807, 2.05) is 23.1 Å². The van der Waals surface area contributed by atoms with E-state index in [0.29, 0.717) is 0 Å². The molecule has 0 spiro atoms. The molecule has 6 heteroatoms. The van der Waals surface area contributed by atoms with Crippen LogP contribution < -0.4 is 0 Å². The van der Waals surface area contributed by atoms with E-state index in [1.54, 1.807) is 10.4 Å². The molecular formula is C26H35N2OPS2. The third-order valence-corrected chi connectivity index (χ3v) is 9.36. The fourth-order valence-electron chi connectivity index (χ4n) is 4.35. The van der Waals surface area contributed by atoms with Gasteiger partial charge in [-0.3, -0.25) is 0 Å². The van der Waals surface area contributed by atoms with Gasteiger partial charge < -0.3 is 0 Å². The molecule has 3 rings (SSSR count). The summed E-state index contributed by atoms with van der Waals surface area (Å²) in [5.74, 6) is 2.93. The first kappa shape index (κ1) is 25.2. The van der Waals surface area contributed by atoms with Gasteiger partial charge in [-0.15, -0.1) is 11.3 Å². The summed E-state index contributed by atoms with van der Waals surface area (Å²) < 4.78 is 6.52. The van der Waals surface area contributed by atoms with Crippen LogP contribution in [0.3, 0.4) is 0 Å². The van der Waals surface area contributed by atoms with E-state index in [0.717, 1.165) is 57.6 Å². The van der Waals surface area contributed by atoms with Crippen LogP contribution >= 0.6 is 31.3 Å². The van der Waals surface area contributed by atoms with E-state index in [1.165, 1.54) is 44.2 Å². The Bertz CT molecular complexity index is 1040. The Morgan fingerprint density at radius 2 is 2.03 bits per heavy atom. The van der Waals surface area contributed by atoms with Gasteiger partial charge in [0.05, 0.1) is 4.21 Å². The number of thiophene rings is 1. The van der Waals surface area contributed by atoms with Gasteiger partial charge in [-0.2, -0.15) is 0 Å². The molecule has 0 aromatic carbocycles. The first-order valence-corrected chi connectivity index (χ1v) is 14.3. The van der Waals surface area contributed by atoms with Gasteiger partial charge in [0.25, 0.3) is 0 Å². The highest BCUT2D eigenvalue weighted by Crippen LogP contribution is 2.47. The molecule has 0 saturated heterocycles. The lowest BCUT2D eigenvalue weighted by Crippen LogP contribution is -1.96. The second-order valence-corrected chi connectivity index (χ2v) is 11.8.